The summed E-state index contributed by atoms with van der Waals surface area (Å²) in [6.45, 7) is 1.10. The molecule has 2 aromatic rings. The van der Waals surface area contributed by atoms with Gasteiger partial charge in [-0.1, -0.05) is 18.2 Å². The molecule has 2 aliphatic heterocycles. The Kier molecular flexibility index (Phi) is 9.38. The van der Waals surface area contributed by atoms with Crippen LogP contribution < -0.4 is 25.6 Å². The first kappa shape index (κ1) is 30.1. The lowest BCUT2D eigenvalue weighted by Gasteiger charge is -2.37. The van der Waals surface area contributed by atoms with Crippen LogP contribution >= 0.6 is 0 Å². The van der Waals surface area contributed by atoms with Gasteiger partial charge < -0.3 is 26.0 Å². The highest BCUT2D eigenvalue weighted by atomic mass is 32.2. The standard InChI is InChI=1S/C26H31F3N6O5S/c27-26(28,29)17-10-11-19(21(15-17)35-14-5-4-9-22(35)33-25-30-12-6-13-31-25)23(36)32-16-20(24(37)38)34-41(39,40)18-7-2-1-3-8-18/h1-3,7-8,10-11,15,20,22,34H,4-6,9,12-14,16H2,(H,32,36)(H,37,38)(H2,30,31,33)/t20-,22-/m0/s1. The number of sulfonamides is 1. The molecule has 0 saturated carbocycles. The van der Waals surface area contributed by atoms with Crippen LogP contribution in [-0.4, -0.2) is 69.7 Å². The minimum absolute atomic E-state index is 0.000995. The Balaban J connectivity index is 1.60. The van der Waals surface area contributed by atoms with Crippen LogP contribution in [0.3, 0.4) is 0 Å². The van der Waals surface area contributed by atoms with Gasteiger partial charge in [-0.25, -0.2) is 13.4 Å². The highest BCUT2D eigenvalue weighted by Gasteiger charge is 2.34. The van der Waals surface area contributed by atoms with Gasteiger partial charge in [-0.3, -0.25) is 9.59 Å². The van der Waals surface area contributed by atoms with E-state index in [1.54, 1.807) is 11.0 Å². The number of rotatable bonds is 9. The lowest BCUT2D eigenvalue weighted by molar-refractivity contribution is -0.139. The topological polar surface area (TPSA) is 152 Å². The molecule has 0 aromatic heterocycles. The van der Waals surface area contributed by atoms with Crippen molar-refractivity contribution in [1.82, 2.24) is 20.7 Å². The van der Waals surface area contributed by atoms with Gasteiger partial charge in [-0.15, -0.1) is 0 Å². The number of hydrogen-bond donors (Lipinski definition) is 5. The maximum absolute atomic E-state index is 13.7. The third kappa shape index (κ3) is 7.67. The summed E-state index contributed by atoms with van der Waals surface area (Å²) < 4.78 is 68.3. The van der Waals surface area contributed by atoms with Gasteiger partial charge in [-0.2, -0.15) is 17.9 Å². The molecule has 222 valence electrons. The molecule has 11 nitrogen and oxygen atoms in total. The van der Waals surface area contributed by atoms with Crippen LogP contribution in [0.2, 0.25) is 0 Å². The van der Waals surface area contributed by atoms with Crippen LogP contribution in [0, 0.1) is 0 Å². The van der Waals surface area contributed by atoms with Gasteiger partial charge in [0.25, 0.3) is 5.91 Å². The Morgan fingerprint density at radius 1 is 1.07 bits per heavy atom. The number of carbonyl (C=O) groups is 2. The minimum Gasteiger partial charge on any atom is -0.480 e. The number of anilines is 1. The highest BCUT2D eigenvalue weighted by Crippen LogP contribution is 2.36. The van der Waals surface area contributed by atoms with Crippen molar-refractivity contribution in [3.63, 3.8) is 0 Å². The van der Waals surface area contributed by atoms with E-state index in [0.29, 0.717) is 38.4 Å². The van der Waals surface area contributed by atoms with Gasteiger partial charge in [-0.05, 0) is 56.0 Å². The quantitative estimate of drug-likeness (QED) is 0.295. The molecule has 2 heterocycles. The maximum Gasteiger partial charge on any atom is 0.416 e. The second kappa shape index (κ2) is 12.8. The number of carbonyl (C=O) groups excluding carboxylic acids is 1. The predicted octanol–water partition coefficient (Wildman–Crippen LogP) is 2.12. The number of nitrogens with zero attached hydrogens (tertiary/aromatic N) is 2. The van der Waals surface area contributed by atoms with Crippen LogP contribution in [0.5, 0.6) is 0 Å². The fourth-order valence-corrected chi connectivity index (χ4v) is 5.81. The number of piperidine rings is 1. The zero-order valence-corrected chi connectivity index (χ0v) is 22.8. The highest BCUT2D eigenvalue weighted by molar-refractivity contribution is 7.89. The molecular formula is C26H31F3N6O5S. The molecule has 41 heavy (non-hydrogen) atoms. The number of hydrogen-bond acceptors (Lipinski definition) is 6. The Labute approximate surface area is 235 Å². The SMILES string of the molecule is O=C(NC[C@H](NS(=O)(=O)c1ccccc1)C(=O)O)c1ccc(C(F)(F)F)cc1N1CCCC[C@H]1N=C1NCCCN1. The van der Waals surface area contributed by atoms with Crippen LogP contribution in [-0.2, 0) is 21.0 Å². The van der Waals surface area contributed by atoms with Crippen molar-refractivity contribution in [3.05, 3.63) is 59.7 Å². The zero-order chi connectivity index (χ0) is 29.6. The summed E-state index contributed by atoms with van der Waals surface area (Å²) in [7, 11) is -4.23. The lowest BCUT2D eigenvalue weighted by Crippen LogP contribution is -2.49. The summed E-state index contributed by atoms with van der Waals surface area (Å²) in [5, 5.41) is 18.2. The summed E-state index contributed by atoms with van der Waals surface area (Å²) in [6, 6.07) is 8.07. The number of carboxylic acid groups (broad SMARTS) is 1. The maximum atomic E-state index is 13.7. The van der Waals surface area contributed by atoms with E-state index in [4.69, 9.17) is 0 Å². The number of amides is 1. The molecule has 0 radical (unpaired) electrons. The Bertz CT molecular complexity index is 1380. The number of nitrogens with one attached hydrogen (secondary N) is 4. The average Bonchev–Trinajstić information content (AvgIpc) is 2.95. The number of benzene rings is 2. The summed E-state index contributed by atoms with van der Waals surface area (Å²) >= 11 is 0. The number of aliphatic imine (C=N–C) groups is 1. The molecule has 0 spiro atoms. The van der Waals surface area contributed by atoms with Crippen molar-refractivity contribution < 1.29 is 36.3 Å². The normalized spacial score (nSPS) is 18.6. The number of carboxylic acids is 1. The van der Waals surface area contributed by atoms with E-state index >= 15 is 0 Å². The molecule has 0 aliphatic carbocycles. The Hall–Kier alpha value is -3.85. The number of halogens is 3. The predicted molar refractivity (Wildman–Crippen MR) is 145 cm³/mol. The fourth-order valence-electron chi connectivity index (χ4n) is 4.60. The van der Waals surface area contributed by atoms with E-state index in [-0.39, 0.29) is 16.1 Å². The molecule has 5 N–H and O–H groups in total. The molecule has 4 rings (SSSR count). The molecule has 2 aliphatic rings. The summed E-state index contributed by atoms with van der Waals surface area (Å²) in [5.41, 5.74) is -1.07. The molecule has 15 heteroatoms. The van der Waals surface area contributed by atoms with E-state index in [0.717, 1.165) is 31.0 Å². The van der Waals surface area contributed by atoms with Crippen LogP contribution in [0.4, 0.5) is 18.9 Å². The van der Waals surface area contributed by atoms with Crippen molar-refractivity contribution in [2.45, 2.75) is 49.0 Å². The fraction of sp³-hybridized carbons (Fsp3) is 0.423. The molecule has 0 bridgehead atoms. The van der Waals surface area contributed by atoms with Gasteiger partial charge in [0, 0.05) is 26.2 Å². The average molecular weight is 597 g/mol. The molecule has 2 atom stereocenters. The van der Waals surface area contributed by atoms with Crippen molar-refractivity contribution in [2.24, 2.45) is 4.99 Å². The molecular weight excluding hydrogens is 565 g/mol. The second-order valence-corrected chi connectivity index (χ2v) is 11.3. The molecule has 2 saturated heterocycles. The third-order valence-electron chi connectivity index (χ3n) is 6.68. The third-order valence-corrected chi connectivity index (χ3v) is 8.17. The molecule has 2 fully saturated rings. The van der Waals surface area contributed by atoms with E-state index in [9.17, 15) is 36.3 Å². The first-order valence-corrected chi connectivity index (χ1v) is 14.6. The smallest absolute Gasteiger partial charge is 0.416 e. The van der Waals surface area contributed by atoms with Crippen molar-refractivity contribution >= 4 is 33.5 Å². The first-order chi connectivity index (χ1) is 19.5. The van der Waals surface area contributed by atoms with Crippen LogP contribution in [0.25, 0.3) is 0 Å². The summed E-state index contributed by atoms with van der Waals surface area (Å²) in [6.07, 6.45) is -2.31. The van der Waals surface area contributed by atoms with Crippen molar-refractivity contribution in [3.8, 4) is 0 Å². The Morgan fingerprint density at radius 2 is 1.78 bits per heavy atom. The van der Waals surface area contributed by atoms with E-state index in [2.05, 4.69) is 20.9 Å². The summed E-state index contributed by atoms with van der Waals surface area (Å²) in [4.78, 5) is 31.2. The monoisotopic (exact) mass is 596 g/mol. The van der Waals surface area contributed by atoms with Gasteiger partial charge in [0.1, 0.15) is 12.2 Å². The van der Waals surface area contributed by atoms with E-state index < -0.39 is 52.4 Å². The lowest BCUT2D eigenvalue weighted by atomic mass is 10.0. The zero-order valence-electron chi connectivity index (χ0n) is 21.9. The van der Waals surface area contributed by atoms with Gasteiger partial charge in [0.2, 0.25) is 10.0 Å². The van der Waals surface area contributed by atoms with Gasteiger partial charge in [0.05, 0.1) is 21.7 Å². The van der Waals surface area contributed by atoms with E-state index in [1.165, 1.54) is 24.3 Å². The second-order valence-electron chi connectivity index (χ2n) is 9.62. The van der Waals surface area contributed by atoms with Crippen molar-refractivity contribution in [1.29, 1.82) is 0 Å². The van der Waals surface area contributed by atoms with Crippen LogP contribution in [0.15, 0.2) is 58.4 Å². The largest absolute Gasteiger partial charge is 0.480 e. The molecule has 0 unspecified atom stereocenters. The minimum atomic E-state index is -4.67. The number of guanidine groups is 1. The number of alkyl halides is 3. The van der Waals surface area contributed by atoms with Crippen molar-refractivity contribution in [2.75, 3.05) is 31.1 Å². The van der Waals surface area contributed by atoms with Crippen LogP contribution in [0.1, 0.15) is 41.6 Å². The Morgan fingerprint density at radius 3 is 2.44 bits per heavy atom. The first-order valence-electron chi connectivity index (χ1n) is 13.1. The molecule has 2 aromatic carbocycles. The van der Waals surface area contributed by atoms with E-state index in [1.807, 2.05) is 4.72 Å². The summed E-state index contributed by atoms with van der Waals surface area (Å²) in [5.74, 6) is -1.87. The van der Waals surface area contributed by atoms with Gasteiger partial charge in [0.15, 0.2) is 5.96 Å². The number of aliphatic carboxylic acids is 1. The molecule has 1 amide bonds. The van der Waals surface area contributed by atoms with Gasteiger partial charge >= 0.3 is 12.1 Å².